The zero-order valence-corrected chi connectivity index (χ0v) is 14.1. The Morgan fingerprint density at radius 2 is 1.88 bits per heavy atom. The summed E-state index contributed by atoms with van der Waals surface area (Å²) in [5, 5.41) is 9.23. The Labute approximate surface area is 147 Å². The highest BCUT2D eigenvalue weighted by atomic mass is 35.5. The summed E-state index contributed by atoms with van der Waals surface area (Å²) in [6, 6.07) is 13.7. The minimum atomic E-state index is -0.436. The Hall–Kier alpha value is -2.25. The summed E-state index contributed by atoms with van der Waals surface area (Å²) in [7, 11) is 0. The number of hydrogen-bond acceptors (Lipinski definition) is 5. The van der Waals surface area contributed by atoms with Crippen molar-refractivity contribution in [2.24, 2.45) is 0 Å². The highest BCUT2D eigenvalue weighted by Crippen LogP contribution is 2.25. The van der Waals surface area contributed by atoms with E-state index in [1.807, 2.05) is 24.3 Å². The molecule has 3 aromatic rings. The van der Waals surface area contributed by atoms with Crippen molar-refractivity contribution < 1.29 is 9.13 Å². The van der Waals surface area contributed by atoms with E-state index in [4.69, 9.17) is 22.2 Å². The van der Waals surface area contributed by atoms with Gasteiger partial charge in [0.2, 0.25) is 5.16 Å². The normalized spacial score (nSPS) is 10.8. The number of hydrogen-bond donors (Lipinski definition) is 1. The maximum absolute atomic E-state index is 13.5. The Kier molecular flexibility index (Phi) is 5.22. The van der Waals surface area contributed by atoms with Gasteiger partial charge < -0.3 is 10.6 Å². The van der Waals surface area contributed by atoms with E-state index in [-0.39, 0.29) is 12.4 Å². The van der Waals surface area contributed by atoms with Gasteiger partial charge in [-0.05, 0) is 23.8 Å². The molecule has 0 saturated heterocycles. The first-order chi connectivity index (χ1) is 11.6. The molecule has 0 amide bonds. The molecule has 8 heteroatoms. The third-order valence-electron chi connectivity index (χ3n) is 3.24. The zero-order valence-electron chi connectivity index (χ0n) is 12.5. The quantitative estimate of drug-likeness (QED) is 0.534. The lowest BCUT2D eigenvalue weighted by Gasteiger charge is -2.07. The number of aromatic nitrogens is 3. The van der Waals surface area contributed by atoms with Gasteiger partial charge in [-0.15, -0.1) is 10.2 Å². The van der Waals surface area contributed by atoms with Gasteiger partial charge >= 0.3 is 0 Å². The standard InChI is InChI=1S/C16H14ClFN4OS/c17-12-6-2-1-5-11(12)10-24-16-21-20-15(22(16)19)9-23-14-8-4-3-7-13(14)18/h1-8H,9-10,19H2. The summed E-state index contributed by atoms with van der Waals surface area (Å²) in [5.41, 5.74) is 0.983. The number of ether oxygens (including phenoxy) is 1. The lowest BCUT2D eigenvalue weighted by molar-refractivity contribution is 0.277. The fraction of sp³-hybridized carbons (Fsp3) is 0.125. The lowest BCUT2D eigenvalue weighted by Crippen LogP contribution is -2.16. The van der Waals surface area contributed by atoms with Crippen molar-refractivity contribution in [3.05, 3.63) is 70.8 Å². The maximum Gasteiger partial charge on any atom is 0.210 e. The van der Waals surface area contributed by atoms with Crippen molar-refractivity contribution in [2.45, 2.75) is 17.5 Å². The largest absolute Gasteiger partial charge is 0.482 e. The third kappa shape index (κ3) is 3.80. The fourth-order valence-electron chi connectivity index (χ4n) is 1.97. The summed E-state index contributed by atoms with van der Waals surface area (Å²) in [5.74, 6) is 6.70. The van der Waals surface area contributed by atoms with Crippen LogP contribution in [0, 0.1) is 5.82 Å². The van der Waals surface area contributed by atoms with Crippen molar-refractivity contribution in [2.75, 3.05) is 5.84 Å². The molecule has 0 unspecified atom stereocenters. The molecule has 2 aromatic carbocycles. The molecule has 0 aliphatic carbocycles. The molecule has 0 bridgehead atoms. The fourth-order valence-corrected chi connectivity index (χ4v) is 3.13. The summed E-state index contributed by atoms with van der Waals surface area (Å²) < 4.78 is 20.3. The molecular weight excluding hydrogens is 351 g/mol. The van der Waals surface area contributed by atoms with Crippen LogP contribution in [0.3, 0.4) is 0 Å². The van der Waals surface area contributed by atoms with E-state index in [0.29, 0.717) is 21.8 Å². The molecule has 24 heavy (non-hydrogen) atoms. The van der Waals surface area contributed by atoms with E-state index in [1.165, 1.54) is 22.5 Å². The SMILES string of the molecule is Nn1c(COc2ccccc2F)nnc1SCc1ccccc1Cl. The molecule has 0 spiro atoms. The van der Waals surface area contributed by atoms with E-state index in [0.717, 1.165) is 5.56 Å². The van der Waals surface area contributed by atoms with Crippen LogP contribution < -0.4 is 10.6 Å². The molecule has 0 saturated carbocycles. The van der Waals surface area contributed by atoms with Gasteiger partial charge in [-0.25, -0.2) is 9.07 Å². The number of nitrogens with zero attached hydrogens (tertiary/aromatic N) is 3. The van der Waals surface area contributed by atoms with Crippen LogP contribution in [0.15, 0.2) is 53.7 Å². The van der Waals surface area contributed by atoms with Crippen LogP contribution in [0.4, 0.5) is 4.39 Å². The first-order valence-electron chi connectivity index (χ1n) is 7.08. The molecule has 5 nitrogen and oxygen atoms in total. The molecule has 1 aromatic heterocycles. The van der Waals surface area contributed by atoms with Crippen LogP contribution in [0.5, 0.6) is 5.75 Å². The van der Waals surface area contributed by atoms with Gasteiger partial charge in [-0.2, -0.15) is 0 Å². The van der Waals surface area contributed by atoms with E-state index < -0.39 is 5.82 Å². The number of nitrogen functional groups attached to an aromatic ring is 1. The highest BCUT2D eigenvalue weighted by Gasteiger charge is 2.12. The second-order valence-electron chi connectivity index (χ2n) is 4.87. The van der Waals surface area contributed by atoms with Crippen molar-refractivity contribution in [1.29, 1.82) is 0 Å². The number of para-hydroxylation sites is 1. The summed E-state index contributed by atoms with van der Waals surface area (Å²) in [6.45, 7) is 0.0249. The predicted molar refractivity (Wildman–Crippen MR) is 91.9 cm³/mol. The van der Waals surface area contributed by atoms with Crippen LogP contribution in [-0.4, -0.2) is 14.9 Å². The molecular formula is C16H14ClFN4OS. The smallest absolute Gasteiger partial charge is 0.210 e. The Bertz CT molecular complexity index is 775. The summed E-state index contributed by atoms with van der Waals surface area (Å²) >= 11 is 7.54. The zero-order chi connectivity index (χ0) is 16.9. The molecule has 2 N–H and O–H groups in total. The van der Waals surface area contributed by atoms with Crippen LogP contribution >= 0.6 is 23.4 Å². The van der Waals surface area contributed by atoms with Gasteiger partial charge in [-0.3, -0.25) is 0 Å². The first-order valence-corrected chi connectivity index (χ1v) is 8.44. The number of halogens is 2. The average molecular weight is 365 g/mol. The minimum Gasteiger partial charge on any atom is -0.482 e. The van der Waals surface area contributed by atoms with Crippen LogP contribution in [0.25, 0.3) is 0 Å². The van der Waals surface area contributed by atoms with Crippen LogP contribution in [-0.2, 0) is 12.4 Å². The second kappa shape index (κ2) is 7.55. The number of rotatable bonds is 6. The molecule has 1 heterocycles. The molecule has 0 aliphatic heterocycles. The predicted octanol–water partition coefficient (Wildman–Crippen LogP) is 3.66. The summed E-state index contributed by atoms with van der Waals surface area (Å²) in [6.07, 6.45) is 0. The number of thioether (sulfide) groups is 1. The van der Waals surface area contributed by atoms with E-state index in [1.54, 1.807) is 18.2 Å². The molecule has 3 rings (SSSR count). The Balaban J connectivity index is 1.63. The van der Waals surface area contributed by atoms with Crippen molar-refractivity contribution >= 4 is 23.4 Å². The summed E-state index contributed by atoms with van der Waals surface area (Å²) in [4.78, 5) is 0. The average Bonchev–Trinajstić information content (AvgIpc) is 2.94. The van der Waals surface area contributed by atoms with Crippen molar-refractivity contribution in [1.82, 2.24) is 14.9 Å². The van der Waals surface area contributed by atoms with Crippen molar-refractivity contribution in [3.8, 4) is 5.75 Å². The van der Waals surface area contributed by atoms with Gasteiger partial charge in [-0.1, -0.05) is 53.7 Å². The first kappa shape index (κ1) is 16.6. The van der Waals surface area contributed by atoms with Crippen LogP contribution in [0.1, 0.15) is 11.4 Å². The lowest BCUT2D eigenvalue weighted by atomic mass is 10.2. The Morgan fingerprint density at radius 1 is 1.12 bits per heavy atom. The second-order valence-corrected chi connectivity index (χ2v) is 6.22. The Morgan fingerprint density at radius 3 is 2.67 bits per heavy atom. The van der Waals surface area contributed by atoms with Gasteiger partial charge in [0.25, 0.3) is 0 Å². The minimum absolute atomic E-state index is 0.0249. The van der Waals surface area contributed by atoms with Gasteiger partial charge in [0.15, 0.2) is 17.4 Å². The maximum atomic E-state index is 13.5. The van der Waals surface area contributed by atoms with Gasteiger partial charge in [0.1, 0.15) is 6.61 Å². The van der Waals surface area contributed by atoms with Crippen molar-refractivity contribution in [3.63, 3.8) is 0 Å². The van der Waals surface area contributed by atoms with E-state index in [2.05, 4.69) is 10.2 Å². The van der Waals surface area contributed by atoms with Gasteiger partial charge in [0.05, 0.1) is 0 Å². The molecule has 0 radical (unpaired) electrons. The van der Waals surface area contributed by atoms with Gasteiger partial charge in [0, 0.05) is 10.8 Å². The molecule has 0 aliphatic rings. The molecule has 0 atom stereocenters. The number of nitrogens with two attached hydrogens (primary N) is 1. The third-order valence-corrected chi connectivity index (χ3v) is 4.60. The topological polar surface area (TPSA) is 66.0 Å². The van der Waals surface area contributed by atoms with Crippen LogP contribution in [0.2, 0.25) is 5.02 Å². The van der Waals surface area contributed by atoms with E-state index in [9.17, 15) is 4.39 Å². The molecule has 0 fully saturated rings. The highest BCUT2D eigenvalue weighted by molar-refractivity contribution is 7.98. The molecule has 124 valence electrons. The van der Waals surface area contributed by atoms with E-state index >= 15 is 0 Å². The number of benzene rings is 2. The monoisotopic (exact) mass is 364 g/mol.